The summed E-state index contributed by atoms with van der Waals surface area (Å²) in [6, 6.07) is 1.52. The molecule has 0 spiro atoms. The molecular weight excluding hydrogens is 262 g/mol. The van der Waals surface area contributed by atoms with Gasteiger partial charge in [0.15, 0.2) is 0 Å². The highest BCUT2D eigenvalue weighted by Crippen LogP contribution is 2.32. The molecule has 0 aromatic heterocycles. The van der Waals surface area contributed by atoms with Crippen LogP contribution in [0.4, 0.5) is 0 Å². The number of rotatable bonds is 6. The topological polar surface area (TPSA) is 27.7 Å². The minimum absolute atomic E-state index is 0.351. The van der Waals surface area contributed by atoms with Crippen molar-refractivity contribution in [1.82, 2.24) is 15.1 Å². The molecule has 4 nitrogen and oxygen atoms in total. The summed E-state index contributed by atoms with van der Waals surface area (Å²) in [5, 5.41) is 3.65. The third-order valence-electron chi connectivity index (χ3n) is 5.72. The maximum atomic E-state index is 5.78. The lowest BCUT2D eigenvalue weighted by atomic mass is 9.85. The summed E-state index contributed by atoms with van der Waals surface area (Å²) in [5.41, 5.74) is 0.351. The van der Waals surface area contributed by atoms with Crippen molar-refractivity contribution in [2.24, 2.45) is 5.41 Å². The molecule has 0 radical (unpaired) electrons. The van der Waals surface area contributed by atoms with Crippen molar-refractivity contribution in [3.05, 3.63) is 0 Å². The van der Waals surface area contributed by atoms with Crippen LogP contribution < -0.4 is 5.32 Å². The average molecular weight is 295 g/mol. The molecule has 3 rings (SSSR count). The lowest BCUT2D eigenvalue weighted by Crippen LogP contribution is -2.58. The summed E-state index contributed by atoms with van der Waals surface area (Å²) in [4.78, 5) is 5.48. The first-order valence-corrected chi connectivity index (χ1v) is 8.99. The number of fused-ring (bicyclic) bond motifs is 1. The highest BCUT2D eigenvalue weighted by atomic mass is 16.5. The number of nitrogens with zero attached hydrogens (tertiary/aromatic N) is 2. The molecule has 0 aromatic carbocycles. The van der Waals surface area contributed by atoms with E-state index in [1.165, 1.54) is 51.9 Å². The van der Waals surface area contributed by atoms with Gasteiger partial charge in [-0.25, -0.2) is 0 Å². The number of piperazine rings is 1. The van der Waals surface area contributed by atoms with Crippen molar-refractivity contribution in [2.45, 2.75) is 51.6 Å². The SMILES string of the molecule is CCCNCC1(CN2CC3CCCN3CC2C)CCOC1. The Bertz CT molecular complexity index is 330. The molecule has 1 N–H and O–H groups in total. The molecule has 3 saturated heterocycles. The fourth-order valence-corrected chi connectivity index (χ4v) is 4.40. The van der Waals surface area contributed by atoms with E-state index >= 15 is 0 Å². The van der Waals surface area contributed by atoms with E-state index in [0.717, 1.165) is 32.3 Å². The van der Waals surface area contributed by atoms with Gasteiger partial charge in [0.2, 0.25) is 0 Å². The summed E-state index contributed by atoms with van der Waals surface area (Å²) >= 11 is 0. The van der Waals surface area contributed by atoms with Crippen molar-refractivity contribution in [3.63, 3.8) is 0 Å². The van der Waals surface area contributed by atoms with E-state index in [2.05, 4.69) is 29.0 Å². The standard InChI is InChI=1S/C17H33N3O/c1-3-7-18-12-17(6-9-21-14-17)13-20-11-16-5-4-8-19(16)10-15(20)2/h15-16,18H,3-14H2,1-2H3. The maximum absolute atomic E-state index is 5.78. The van der Waals surface area contributed by atoms with Crippen LogP contribution in [-0.4, -0.2) is 74.4 Å². The Morgan fingerprint density at radius 1 is 1.33 bits per heavy atom. The van der Waals surface area contributed by atoms with E-state index in [9.17, 15) is 0 Å². The summed E-state index contributed by atoms with van der Waals surface area (Å²) in [5.74, 6) is 0. The van der Waals surface area contributed by atoms with Crippen LogP contribution in [0.25, 0.3) is 0 Å². The predicted molar refractivity (Wildman–Crippen MR) is 86.7 cm³/mol. The van der Waals surface area contributed by atoms with Crippen LogP contribution in [0.3, 0.4) is 0 Å². The van der Waals surface area contributed by atoms with Gasteiger partial charge in [0.05, 0.1) is 6.61 Å². The number of hydrogen-bond acceptors (Lipinski definition) is 4. The van der Waals surface area contributed by atoms with Crippen molar-refractivity contribution >= 4 is 0 Å². The van der Waals surface area contributed by atoms with E-state index in [4.69, 9.17) is 4.74 Å². The molecule has 0 aliphatic carbocycles. The monoisotopic (exact) mass is 295 g/mol. The van der Waals surface area contributed by atoms with E-state index in [0.29, 0.717) is 11.5 Å². The molecule has 0 saturated carbocycles. The molecule has 4 heteroatoms. The molecule has 0 amide bonds. The van der Waals surface area contributed by atoms with Gasteiger partial charge in [-0.1, -0.05) is 6.92 Å². The van der Waals surface area contributed by atoms with Gasteiger partial charge in [0.25, 0.3) is 0 Å². The third kappa shape index (κ3) is 3.61. The van der Waals surface area contributed by atoms with Crippen LogP contribution in [0.2, 0.25) is 0 Å². The van der Waals surface area contributed by atoms with Gasteiger partial charge < -0.3 is 10.1 Å². The Labute approximate surface area is 130 Å². The molecule has 21 heavy (non-hydrogen) atoms. The molecule has 122 valence electrons. The highest BCUT2D eigenvalue weighted by Gasteiger charge is 2.41. The largest absolute Gasteiger partial charge is 0.381 e. The first-order chi connectivity index (χ1) is 10.2. The Balaban J connectivity index is 1.59. The second-order valence-electron chi connectivity index (χ2n) is 7.55. The molecule has 3 aliphatic rings. The van der Waals surface area contributed by atoms with Crippen LogP contribution in [0.1, 0.15) is 39.5 Å². The fraction of sp³-hybridized carbons (Fsp3) is 1.00. The number of ether oxygens (including phenoxy) is 1. The van der Waals surface area contributed by atoms with Crippen LogP contribution in [0.15, 0.2) is 0 Å². The van der Waals surface area contributed by atoms with Gasteiger partial charge in [-0.15, -0.1) is 0 Å². The van der Waals surface area contributed by atoms with E-state index in [1.807, 2.05) is 0 Å². The van der Waals surface area contributed by atoms with Gasteiger partial charge in [-0.3, -0.25) is 9.80 Å². The second-order valence-corrected chi connectivity index (χ2v) is 7.55. The van der Waals surface area contributed by atoms with Gasteiger partial charge in [0.1, 0.15) is 0 Å². The molecule has 0 bridgehead atoms. The normalized spacial score (nSPS) is 38.0. The lowest BCUT2D eigenvalue weighted by molar-refractivity contribution is 0.0211. The first-order valence-electron chi connectivity index (χ1n) is 8.99. The Morgan fingerprint density at radius 3 is 3.00 bits per heavy atom. The summed E-state index contributed by atoms with van der Waals surface area (Å²) in [7, 11) is 0. The van der Waals surface area contributed by atoms with Crippen LogP contribution in [0, 0.1) is 5.41 Å². The van der Waals surface area contributed by atoms with Crippen LogP contribution in [-0.2, 0) is 4.74 Å². The molecule has 0 aromatic rings. The van der Waals surface area contributed by atoms with Crippen molar-refractivity contribution in [3.8, 4) is 0 Å². The van der Waals surface area contributed by atoms with Crippen molar-refractivity contribution in [2.75, 3.05) is 52.5 Å². The smallest absolute Gasteiger partial charge is 0.0547 e. The summed E-state index contributed by atoms with van der Waals surface area (Å²) in [6.45, 7) is 13.9. The van der Waals surface area contributed by atoms with E-state index < -0.39 is 0 Å². The van der Waals surface area contributed by atoms with Gasteiger partial charge in [-0.2, -0.15) is 0 Å². The third-order valence-corrected chi connectivity index (χ3v) is 5.72. The number of nitrogens with one attached hydrogen (secondary N) is 1. The molecule has 3 unspecified atom stereocenters. The van der Waals surface area contributed by atoms with Gasteiger partial charge >= 0.3 is 0 Å². The van der Waals surface area contributed by atoms with Gasteiger partial charge in [-0.05, 0) is 45.7 Å². The summed E-state index contributed by atoms with van der Waals surface area (Å²) < 4.78 is 5.78. The predicted octanol–water partition coefficient (Wildman–Crippen LogP) is 1.56. The Hall–Kier alpha value is -0.160. The van der Waals surface area contributed by atoms with Crippen molar-refractivity contribution in [1.29, 1.82) is 0 Å². The second kappa shape index (κ2) is 6.95. The van der Waals surface area contributed by atoms with Crippen LogP contribution in [0.5, 0.6) is 0 Å². The van der Waals surface area contributed by atoms with Crippen LogP contribution >= 0.6 is 0 Å². The quantitative estimate of drug-likeness (QED) is 0.753. The van der Waals surface area contributed by atoms with Crippen molar-refractivity contribution < 1.29 is 4.74 Å². The van der Waals surface area contributed by atoms with Gasteiger partial charge in [0, 0.05) is 50.3 Å². The molecule has 3 fully saturated rings. The average Bonchev–Trinajstić information content (AvgIpc) is 3.09. The zero-order valence-electron chi connectivity index (χ0n) is 13.9. The number of hydrogen-bond donors (Lipinski definition) is 1. The summed E-state index contributed by atoms with van der Waals surface area (Å²) in [6.07, 6.45) is 5.24. The highest BCUT2D eigenvalue weighted by molar-refractivity contribution is 4.95. The Morgan fingerprint density at radius 2 is 2.24 bits per heavy atom. The lowest BCUT2D eigenvalue weighted by Gasteiger charge is -2.45. The molecular formula is C17H33N3O. The fourth-order valence-electron chi connectivity index (χ4n) is 4.40. The maximum Gasteiger partial charge on any atom is 0.0547 e. The Kier molecular flexibility index (Phi) is 5.20. The molecule has 3 atom stereocenters. The zero-order valence-corrected chi connectivity index (χ0v) is 13.9. The first kappa shape index (κ1) is 15.7. The van der Waals surface area contributed by atoms with E-state index in [1.54, 1.807) is 0 Å². The van der Waals surface area contributed by atoms with E-state index in [-0.39, 0.29) is 0 Å². The zero-order chi connectivity index (χ0) is 14.7. The molecule has 3 heterocycles. The minimum Gasteiger partial charge on any atom is -0.381 e. The molecule has 3 aliphatic heterocycles. The minimum atomic E-state index is 0.351.